The van der Waals surface area contributed by atoms with Crippen LogP contribution in [0.15, 0.2) is 108 Å². The number of esters is 1. The molecule has 2 amide bonds. The van der Waals surface area contributed by atoms with Gasteiger partial charge in [-0.25, -0.2) is 10.2 Å². The summed E-state index contributed by atoms with van der Waals surface area (Å²) < 4.78 is 5.42. The maximum Gasteiger partial charge on any atom is 0.343 e. The molecule has 0 aromatic heterocycles. The molecule has 188 valence electrons. The lowest BCUT2D eigenvalue weighted by atomic mass is 10.1. The van der Waals surface area contributed by atoms with Crippen molar-refractivity contribution in [1.82, 2.24) is 5.43 Å². The van der Waals surface area contributed by atoms with Crippen LogP contribution in [-0.2, 0) is 0 Å². The number of nitro groups is 1. The first-order chi connectivity index (χ1) is 18.4. The summed E-state index contributed by atoms with van der Waals surface area (Å²) in [7, 11) is 0. The highest BCUT2D eigenvalue weighted by Crippen LogP contribution is 2.20. The molecule has 4 aromatic carbocycles. The number of hydrogen-bond donors (Lipinski definition) is 2. The summed E-state index contributed by atoms with van der Waals surface area (Å²) in [6.07, 6.45) is 1.31. The van der Waals surface area contributed by atoms with Crippen molar-refractivity contribution in [3.8, 4) is 5.75 Å². The van der Waals surface area contributed by atoms with Crippen molar-refractivity contribution in [3.05, 3.63) is 135 Å². The first kappa shape index (κ1) is 25.5. The number of para-hydroxylation sites is 2. The van der Waals surface area contributed by atoms with E-state index in [0.29, 0.717) is 16.8 Å². The quantitative estimate of drug-likeness (QED) is 0.115. The van der Waals surface area contributed by atoms with Crippen molar-refractivity contribution in [2.24, 2.45) is 5.10 Å². The van der Waals surface area contributed by atoms with Gasteiger partial charge in [0.1, 0.15) is 5.75 Å². The molecule has 0 saturated carbocycles. The molecular weight excluding hydrogens is 488 g/mol. The fraction of sp³-hybridized carbons (Fsp3) is 0. The number of nitro benzene ring substituents is 1. The fourth-order valence-electron chi connectivity index (χ4n) is 3.35. The van der Waals surface area contributed by atoms with Crippen molar-refractivity contribution in [1.29, 1.82) is 0 Å². The maximum atomic E-state index is 12.8. The van der Waals surface area contributed by atoms with E-state index in [4.69, 9.17) is 4.74 Å². The van der Waals surface area contributed by atoms with Gasteiger partial charge in [-0.15, -0.1) is 0 Å². The molecule has 4 rings (SSSR count). The van der Waals surface area contributed by atoms with Gasteiger partial charge < -0.3 is 10.1 Å². The number of nitrogens with one attached hydrogen (secondary N) is 2. The van der Waals surface area contributed by atoms with Gasteiger partial charge in [-0.1, -0.05) is 42.5 Å². The van der Waals surface area contributed by atoms with E-state index >= 15 is 0 Å². The van der Waals surface area contributed by atoms with Gasteiger partial charge in [-0.05, 0) is 48.5 Å². The minimum Gasteiger partial charge on any atom is -0.422 e. The molecule has 2 N–H and O–H groups in total. The van der Waals surface area contributed by atoms with Crippen LogP contribution in [0.4, 0.5) is 11.4 Å². The van der Waals surface area contributed by atoms with Crippen LogP contribution in [0.1, 0.15) is 36.6 Å². The van der Waals surface area contributed by atoms with Crippen LogP contribution >= 0.6 is 0 Å². The molecule has 0 heterocycles. The molecule has 0 spiro atoms. The van der Waals surface area contributed by atoms with Gasteiger partial charge in [0.25, 0.3) is 17.5 Å². The number of rotatable bonds is 8. The lowest BCUT2D eigenvalue weighted by Gasteiger charge is -2.10. The number of non-ortho nitro benzene ring substituents is 1. The molecule has 4 aromatic rings. The number of carbonyl (C=O) groups is 3. The van der Waals surface area contributed by atoms with Gasteiger partial charge in [0, 0.05) is 23.3 Å². The number of hydrazone groups is 1. The van der Waals surface area contributed by atoms with Gasteiger partial charge in [0.05, 0.1) is 28.0 Å². The summed E-state index contributed by atoms with van der Waals surface area (Å²) in [4.78, 5) is 48.1. The topological polar surface area (TPSA) is 140 Å². The van der Waals surface area contributed by atoms with Crippen molar-refractivity contribution < 1.29 is 24.0 Å². The normalized spacial score (nSPS) is 10.5. The zero-order valence-electron chi connectivity index (χ0n) is 19.7. The molecule has 10 heteroatoms. The Morgan fingerprint density at radius 2 is 1.42 bits per heavy atom. The van der Waals surface area contributed by atoms with Gasteiger partial charge in [-0.3, -0.25) is 19.7 Å². The molecule has 10 nitrogen and oxygen atoms in total. The Morgan fingerprint density at radius 3 is 2.16 bits per heavy atom. The summed E-state index contributed by atoms with van der Waals surface area (Å²) in [5.41, 5.74) is 3.74. The summed E-state index contributed by atoms with van der Waals surface area (Å²) in [6.45, 7) is 0. The molecule has 0 fully saturated rings. The molecule has 0 saturated heterocycles. The monoisotopic (exact) mass is 508 g/mol. The second kappa shape index (κ2) is 11.9. The number of nitrogens with zero attached hydrogens (tertiary/aromatic N) is 2. The maximum absolute atomic E-state index is 12.8. The molecule has 0 aliphatic heterocycles. The number of amides is 2. The smallest absolute Gasteiger partial charge is 0.343 e. The van der Waals surface area contributed by atoms with Crippen molar-refractivity contribution >= 4 is 35.4 Å². The van der Waals surface area contributed by atoms with Gasteiger partial charge in [-0.2, -0.15) is 5.10 Å². The molecule has 0 radical (unpaired) electrons. The van der Waals surface area contributed by atoms with E-state index < -0.39 is 16.8 Å². The standard InChI is InChI=1S/C28H20N4O6/c33-26(19-8-2-1-3-9-19)30-24-12-6-5-11-23(24)27(34)31-29-18-21-10-4-7-13-25(21)38-28(35)20-14-16-22(17-15-20)32(36)37/h1-18H,(H,30,33)(H,31,34)/b29-18-. The Kier molecular flexibility index (Phi) is 7.95. The lowest BCUT2D eigenvalue weighted by molar-refractivity contribution is -0.384. The molecule has 0 aliphatic carbocycles. The summed E-state index contributed by atoms with van der Waals surface area (Å²) in [5, 5.41) is 17.5. The summed E-state index contributed by atoms with van der Waals surface area (Å²) in [5.74, 6) is -1.47. The number of hydrogen-bond acceptors (Lipinski definition) is 7. The Balaban J connectivity index is 1.43. The average molecular weight is 508 g/mol. The number of anilines is 1. The fourth-order valence-corrected chi connectivity index (χ4v) is 3.35. The molecule has 0 bridgehead atoms. The third-order valence-electron chi connectivity index (χ3n) is 5.26. The second-order valence-corrected chi connectivity index (χ2v) is 7.80. The third kappa shape index (κ3) is 6.32. The minimum absolute atomic E-state index is 0.129. The molecule has 0 unspecified atom stereocenters. The van der Waals surface area contributed by atoms with Crippen molar-refractivity contribution in [3.63, 3.8) is 0 Å². The zero-order valence-corrected chi connectivity index (χ0v) is 19.7. The van der Waals surface area contributed by atoms with Crippen LogP contribution in [0.3, 0.4) is 0 Å². The Bertz CT molecular complexity index is 1520. The second-order valence-electron chi connectivity index (χ2n) is 7.80. The molecular formula is C28H20N4O6. The van der Waals surface area contributed by atoms with Crippen molar-refractivity contribution in [2.75, 3.05) is 5.32 Å². The average Bonchev–Trinajstić information content (AvgIpc) is 2.94. The number of benzene rings is 4. The predicted molar refractivity (Wildman–Crippen MR) is 140 cm³/mol. The summed E-state index contributed by atoms with van der Waals surface area (Å²) in [6, 6.07) is 26.6. The zero-order chi connectivity index (χ0) is 26.9. The van der Waals surface area contributed by atoms with Crippen LogP contribution in [0.5, 0.6) is 5.75 Å². The highest BCUT2D eigenvalue weighted by atomic mass is 16.6. The van der Waals surface area contributed by atoms with E-state index in [1.807, 2.05) is 0 Å². The van der Waals surface area contributed by atoms with Gasteiger partial charge in [0.15, 0.2) is 0 Å². The first-order valence-corrected chi connectivity index (χ1v) is 11.3. The highest BCUT2D eigenvalue weighted by Gasteiger charge is 2.15. The van der Waals surface area contributed by atoms with Crippen LogP contribution < -0.4 is 15.5 Å². The van der Waals surface area contributed by atoms with Gasteiger partial charge in [0.2, 0.25) is 0 Å². The Hall–Kier alpha value is -5.64. The van der Waals surface area contributed by atoms with E-state index in [2.05, 4.69) is 15.8 Å². The van der Waals surface area contributed by atoms with Crippen LogP contribution in [-0.4, -0.2) is 28.9 Å². The minimum atomic E-state index is -0.715. The third-order valence-corrected chi connectivity index (χ3v) is 5.26. The molecule has 38 heavy (non-hydrogen) atoms. The van der Waals surface area contributed by atoms with E-state index in [-0.39, 0.29) is 28.5 Å². The van der Waals surface area contributed by atoms with Gasteiger partial charge >= 0.3 is 5.97 Å². The van der Waals surface area contributed by atoms with Crippen LogP contribution in [0, 0.1) is 10.1 Å². The Labute approximate surface area is 216 Å². The lowest BCUT2D eigenvalue weighted by Crippen LogP contribution is -2.21. The summed E-state index contributed by atoms with van der Waals surface area (Å²) >= 11 is 0. The van der Waals surface area contributed by atoms with Crippen molar-refractivity contribution in [2.45, 2.75) is 0 Å². The van der Waals surface area contributed by atoms with E-state index in [1.54, 1.807) is 78.9 Å². The van der Waals surface area contributed by atoms with Crippen LogP contribution in [0.25, 0.3) is 0 Å². The largest absolute Gasteiger partial charge is 0.422 e. The number of carbonyl (C=O) groups excluding carboxylic acids is 3. The highest BCUT2D eigenvalue weighted by molar-refractivity contribution is 6.09. The van der Waals surface area contributed by atoms with E-state index in [9.17, 15) is 24.5 Å². The van der Waals surface area contributed by atoms with E-state index in [0.717, 1.165) is 0 Å². The number of ether oxygens (including phenoxy) is 1. The Morgan fingerprint density at radius 1 is 0.763 bits per heavy atom. The first-order valence-electron chi connectivity index (χ1n) is 11.3. The predicted octanol–water partition coefficient (Wildman–Crippen LogP) is 4.83. The van der Waals surface area contributed by atoms with Crippen LogP contribution in [0.2, 0.25) is 0 Å². The SMILES string of the molecule is O=C(Nc1ccccc1C(=O)N/N=C\c1ccccc1OC(=O)c1ccc([N+](=O)[O-])cc1)c1ccccc1. The van der Waals surface area contributed by atoms with E-state index in [1.165, 1.54) is 30.5 Å². The molecule has 0 aliphatic rings. The molecule has 0 atom stereocenters.